The molecule has 0 bridgehead atoms. The van der Waals surface area contributed by atoms with Crippen molar-refractivity contribution in [3.05, 3.63) is 107 Å². The summed E-state index contributed by atoms with van der Waals surface area (Å²) in [6.45, 7) is 3.14. The normalized spacial score (nSPS) is 12.0. The molecule has 0 aliphatic rings. The van der Waals surface area contributed by atoms with Crippen LogP contribution in [0.25, 0.3) is 16.9 Å². The molecule has 1 atom stereocenters. The Morgan fingerprint density at radius 3 is 2.76 bits per heavy atom. The molecule has 164 valence electrons. The fourth-order valence-corrected chi connectivity index (χ4v) is 4.66. The molecule has 5 aromatic rings. The minimum absolute atomic E-state index is 0.0485. The second-order valence-electron chi connectivity index (χ2n) is 8.04. The van der Waals surface area contributed by atoms with Gasteiger partial charge in [0.1, 0.15) is 0 Å². The molecule has 0 aliphatic carbocycles. The average molecular weight is 453 g/mol. The summed E-state index contributed by atoms with van der Waals surface area (Å²) in [5.41, 5.74) is 5.41. The predicted molar refractivity (Wildman–Crippen MR) is 134 cm³/mol. The van der Waals surface area contributed by atoms with Gasteiger partial charge < -0.3 is 5.32 Å². The van der Waals surface area contributed by atoms with Crippen molar-refractivity contribution in [2.45, 2.75) is 19.3 Å². The summed E-state index contributed by atoms with van der Waals surface area (Å²) >= 11 is 1.43. The van der Waals surface area contributed by atoms with Gasteiger partial charge in [0.2, 0.25) is 5.78 Å². The van der Waals surface area contributed by atoms with Crippen molar-refractivity contribution in [2.24, 2.45) is 0 Å². The van der Waals surface area contributed by atoms with Crippen molar-refractivity contribution < 1.29 is 4.79 Å². The van der Waals surface area contributed by atoms with Gasteiger partial charge in [0.15, 0.2) is 5.65 Å². The van der Waals surface area contributed by atoms with Crippen LogP contribution < -0.4 is 5.32 Å². The summed E-state index contributed by atoms with van der Waals surface area (Å²) in [7, 11) is 0. The van der Waals surface area contributed by atoms with Crippen LogP contribution in [0, 0.1) is 0 Å². The number of carbonyl (C=O) groups is 1. The molecule has 0 saturated heterocycles. The van der Waals surface area contributed by atoms with Crippen LogP contribution in [0.3, 0.4) is 0 Å². The smallest absolute Gasteiger partial charge is 0.208 e. The van der Waals surface area contributed by atoms with Gasteiger partial charge in [0.05, 0.1) is 22.3 Å². The summed E-state index contributed by atoms with van der Waals surface area (Å²) in [4.78, 5) is 18.0. The lowest BCUT2D eigenvalue weighted by Gasteiger charge is -2.14. The fraction of sp³-hybridized carbons (Fsp3) is 0.148. The van der Waals surface area contributed by atoms with Crippen molar-refractivity contribution in [1.82, 2.24) is 14.6 Å². The van der Waals surface area contributed by atoms with Crippen molar-refractivity contribution in [3.8, 4) is 11.3 Å². The number of nitrogens with zero attached hydrogens (tertiary/aromatic N) is 3. The molecule has 0 fully saturated rings. The maximum atomic E-state index is 12.9. The maximum absolute atomic E-state index is 12.9. The lowest BCUT2D eigenvalue weighted by Crippen LogP contribution is -2.06. The molecule has 0 spiro atoms. The number of aromatic nitrogens is 3. The quantitative estimate of drug-likeness (QED) is 0.281. The van der Waals surface area contributed by atoms with E-state index < -0.39 is 0 Å². The number of hydrogen-bond acceptors (Lipinski definition) is 5. The third kappa shape index (κ3) is 4.43. The molecular weight excluding hydrogens is 428 g/mol. The molecule has 5 rings (SSSR count). The first-order valence-corrected chi connectivity index (χ1v) is 11.9. The molecule has 0 radical (unpaired) electrons. The molecule has 1 unspecified atom stereocenters. The lowest BCUT2D eigenvalue weighted by molar-refractivity contribution is 0.104. The van der Waals surface area contributed by atoms with E-state index in [1.54, 1.807) is 16.9 Å². The largest absolute Gasteiger partial charge is 0.385 e. The number of ketones is 1. The Balaban J connectivity index is 1.35. The Morgan fingerprint density at radius 1 is 1.06 bits per heavy atom. The van der Waals surface area contributed by atoms with Crippen LogP contribution >= 0.6 is 11.3 Å². The highest BCUT2D eigenvalue weighted by atomic mass is 32.1. The monoisotopic (exact) mass is 452 g/mol. The third-order valence-corrected chi connectivity index (χ3v) is 6.69. The highest BCUT2D eigenvalue weighted by Crippen LogP contribution is 2.26. The van der Waals surface area contributed by atoms with Gasteiger partial charge in [0.25, 0.3) is 0 Å². The molecule has 0 aliphatic heterocycles. The maximum Gasteiger partial charge on any atom is 0.208 e. The summed E-state index contributed by atoms with van der Waals surface area (Å²) in [5.74, 6) is 0.442. The molecule has 3 heterocycles. The predicted octanol–water partition coefficient (Wildman–Crippen LogP) is 6.29. The number of fused-ring (bicyclic) bond motifs is 1. The number of carbonyl (C=O) groups excluding carboxylic acids is 1. The van der Waals surface area contributed by atoms with Crippen LogP contribution in [0.5, 0.6) is 0 Å². The first-order valence-electron chi connectivity index (χ1n) is 11.0. The molecule has 3 aromatic heterocycles. The summed E-state index contributed by atoms with van der Waals surface area (Å²) in [6.07, 6.45) is 4.39. The number of benzene rings is 2. The van der Waals surface area contributed by atoms with E-state index >= 15 is 0 Å². The highest BCUT2D eigenvalue weighted by Gasteiger charge is 2.18. The van der Waals surface area contributed by atoms with Gasteiger partial charge >= 0.3 is 0 Å². The summed E-state index contributed by atoms with van der Waals surface area (Å²) in [6, 6.07) is 24.5. The average Bonchev–Trinajstić information content (AvgIpc) is 3.55. The Labute approximate surface area is 196 Å². The molecule has 6 heteroatoms. The van der Waals surface area contributed by atoms with Crippen LogP contribution in [0.15, 0.2) is 90.6 Å². The number of thiophene rings is 1. The van der Waals surface area contributed by atoms with Gasteiger partial charge in [0, 0.05) is 24.0 Å². The molecule has 1 N–H and O–H groups in total. The molecule has 5 nitrogen and oxygen atoms in total. The van der Waals surface area contributed by atoms with E-state index in [1.165, 1.54) is 16.9 Å². The highest BCUT2D eigenvalue weighted by molar-refractivity contribution is 7.12. The number of rotatable bonds is 8. The minimum atomic E-state index is -0.0485. The van der Waals surface area contributed by atoms with E-state index in [4.69, 9.17) is 0 Å². The zero-order valence-electron chi connectivity index (χ0n) is 18.3. The Bertz CT molecular complexity index is 1380. The Hall–Kier alpha value is -3.77. The van der Waals surface area contributed by atoms with Crippen molar-refractivity contribution >= 4 is 28.5 Å². The zero-order chi connectivity index (χ0) is 22.6. The van der Waals surface area contributed by atoms with E-state index in [0.29, 0.717) is 22.0 Å². The van der Waals surface area contributed by atoms with Gasteiger partial charge in [-0.1, -0.05) is 55.5 Å². The van der Waals surface area contributed by atoms with Gasteiger partial charge in [-0.25, -0.2) is 9.50 Å². The van der Waals surface area contributed by atoms with E-state index in [-0.39, 0.29) is 5.78 Å². The van der Waals surface area contributed by atoms with E-state index in [1.807, 2.05) is 29.6 Å². The van der Waals surface area contributed by atoms with Gasteiger partial charge in [-0.05, 0) is 47.5 Å². The molecule has 2 aromatic carbocycles. The van der Waals surface area contributed by atoms with E-state index in [9.17, 15) is 4.79 Å². The summed E-state index contributed by atoms with van der Waals surface area (Å²) in [5, 5.41) is 9.94. The van der Waals surface area contributed by atoms with Gasteiger partial charge in [-0.15, -0.1) is 11.3 Å². The number of hydrogen-bond donors (Lipinski definition) is 1. The van der Waals surface area contributed by atoms with Crippen molar-refractivity contribution in [1.29, 1.82) is 0 Å². The van der Waals surface area contributed by atoms with Gasteiger partial charge in [-0.3, -0.25) is 4.79 Å². The number of anilines is 1. The van der Waals surface area contributed by atoms with E-state index in [0.717, 1.165) is 29.9 Å². The minimum Gasteiger partial charge on any atom is -0.385 e. The molecule has 0 amide bonds. The fourth-order valence-electron chi connectivity index (χ4n) is 3.98. The van der Waals surface area contributed by atoms with Crippen molar-refractivity contribution in [2.75, 3.05) is 11.9 Å². The standard InChI is InChI=1S/C27H24N4OS/c1-19(20-7-3-2-4-8-20)12-14-28-22-10-5-9-21(17-22)24-13-15-29-27-23(18-30-31(24)27)26(32)25-11-6-16-33-25/h2-11,13,15-19,28H,12,14H2,1H3. The third-order valence-electron chi connectivity index (χ3n) is 5.82. The van der Waals surface area contributed by atoms with Crippen LogP contribution in [0.1, 0.15) is 40.1 Å². The summed E-state index contributed by atoms with van der Waals surface area (Å²) < 4.78 is 1.75. The van der Waals surface area contributed by atoms with Crippen LogP contribution in [-0.4, -0.2) is 26.9 Å². The van der Waals surface area contributed by atoms with Crippen LogP contribution in [0.4, 0.5) is 5.69 Å². The second-order valence-corrected chi connectivity index (χ2v) is 8.99. The van der Waals surface area contributed by atoms with Crippen LogP contribution in [0.2, 0.25) is 0 Å². The first kappa shape index (κ1) is 21.1. The molecular formula is C27H24N4OS. The molecule has 0 saturated carbocycles. The van der Waals surface area contributed by atoms with E-state index in [2.05, 4.69) is 70.9 Å². The van der Waals surface area contributed by atoms with Gasteiger partial charge in [-0.2, -0.15) is 5.10 Å². The zero-order valence-corrected chi connectivity index (χ0v) is 19.1. The second kappa shape index (κ2) is 9.38. The number of nitrogens with one attached hydrogen (secondary N) is 1. The molecule has 33 heavy (non-hydrogen) atoms. The topological polar surface area (TPSA) is 59.3 Å². The van der Waals surface area contributed by atoms with Crippen LogP contribution in [-0.2, 0) is 0 Å². The Morgan fingerprint density at radius 2 is 1.94 bits per heavy atom. The Kier molecular flexibility index (Phi) is 6.00. The SMILES string of the molecule is CC(CCNc1cccc(-c2ccnc3c(C(=O)c4cccs4)cnn23)c1)c1ccccc1. The lowest BCUT2D eigenvalue weighted by atomic mass is 9.98. The first-order chi connectivity index (χ1) is 16.2. The van der Waals surface area contributed by atoms with Crippen molar-refractivity contribution in [3.63, 3.8) is 0 Å².